The van der Waals surface area contributed by atoms with Crippen molar-refractivity contribution in [1.29, 1.82) is 0 Å². The Balaban J connectivity index is 1.55. The average molecular weight is 337 g/mol. The molecule has 0 radical (unpaired) electrons. The van der Waals surface area contributed by atoms with Crippen LogP contribution in [0.2, 0.25) is 10.0 Å². The van der Waals surface area contributed by atoms with Gasteiger partial charge in [-0.2, -0.15) is 0 Å². The molecule has 1 N–H and O–H groups in total. The number of nitrogens with one attached hydrogen (secondary N) is 1. The number of hydrogen-bond acceptors (Lipinski definition) is 3. The first-order valence-electron chi connectivity index (χ1n) is 7.43. The van der Waals surface area contributed by atoms with Crippen LogP contribution in [0.5, 0.6) is 5.88 Å². The van der Waals surface area contributed by atoms with Crippen LogP contribution in [0.3, 0.4) is 0 Å². The van der Waals surface area contributed by atoms with Crippen LogP contribution < -0.4 is 10.1 Å². The number of pyridine rings is 1. The maximum Gasteiger partial charge on any atom is 0.213 e. The Hall–Kier alpha value is -1.29. The van der Waals surface area contributed by atoms with Gasteiger partial charge in [0.2, 0.25) is 5.88 Å². The molecule has 0 bridgehead atoms. The molecule has 3 rings (SSSR count). The smallest absolute Gasteiger partial charge is 0.213 e. The highest BCUT2D eigenvalue weighted by molar-refractivity contribution is 6.30. The molecule has 0 amide bonds. The largest absolute Gasteiger partial charge is 0.478 e. The highest BCUT2D eigenvalue weighted by atomic mass is 35.5. The van der Waals surface area contributed by atoms with Crippen molar-refractivity contribution in [3.05, 3.63) is 58.2 Å². The van der Waals surface area contributed by atoms with Crippen molar-refractivity contribution in [2.24, 2.45) is 5.92 Å². The van der Waals surface area contributed by atoms with Crippen molar-refractivity contribution >= 4 is 23.2 Å². The topological polar surface area (TPSA) is 34.1 Å². The maximum absolute atomic E-state index is 5.97. The molecule has 116 valence electrons. The molecular formula is C17H18Cl2N2O. The van der Waals surface area contributed by atoms with Gasteiger partial charge in [0.25, 0.3) is 0 Å². The molecule has 1 aromatic carbocycles. The summed E-state index contributed by atoms with van der Waals surface area (Å²) in [6.45, 7) is 2.68. The molecule has 1 aliphatic heterocycles. The predicted molar refractivity (Wildman–Crippen MR) is 89.9 cm³/mol. The SMILES string of the molecule is Clc1ccc([C@H]2CNC[C@@H]2CCOc2ccc(Cl)cn2)cc1. The second-order valence-electron chi connectivity index (χ2n) is 5.53. The summed E-state index contributed by atoms with van der Waals surface area (Å²) in [5.74, 6) is 1.70. The number of nitrogens with zero attached hydrogens (tertiary/aromatic N) is 1. The van der Waals surface area contributed by atoms with Crippen molar-refractivity contribution < 1.29 is 4.74 Å². The minimum absolute atomic E-state index is 0.513. The molecule has 1 aliphatic rings. The zero-order valence-electron chi connectivity index (χ0n) is 12.1. The zero-order valence-corrected chi connectivity index (χ0v) is 13.6. The highest BCUT2D eigenvalue weighted by Crippen LogP contribution is 2.31. The van der Waals surface area contributed by atoms with E-state index in [-0.39, 0.29) is 0 Å². The Morgan fingerprint density at radius 3 is 2.55 bits per heavy atom. The van der Waals surface area contributed by atoms with Crippen molar-refractivity contribution in [1.82, 2.24) is 10.3 Å². The number of rotatable bonds is 5. The summed E-state index contributed by atoms with van der Waals surface area (Å²) in [7, 11) is 0. The van der Waals surface area contributed by atoms with E-state index >= 15 is 0 Å². The van der Waals surface area contributed by atoms with Gasteiger partial charge in [-0.15, -0.1) is 0 Å². The Kier molecular flexibility index (Phi) is 5.19. The van der Waals surface area contributed by atoms with Crippen molar-refractivity contribution in [2.75, 3.05) is 19.7 Å². The van der Waals surface area contributed by atoms with Gasteiger partial charge in [-0.1, -0.05) is 35.3 Å². The van der Waals surface area contributed by atoms with Crippen LogP contribution in [0.15, 0.2) is 42.6 Å². The normalized spacial score (nSPS) is 21.0. The van der Waals surface area contributed by atoms with Crippen LogP contribution in [-0.4, -0.2) is 24.7 Å². The molecule has 2 atom stereocenters. The summed E-state index contributed by atoms with van der Waals surface area (Å²) in [4.78, 5) is 4.14. The van der Waals surface area contributed by atoms with Crippen LogP contribution in [0.25, 0.3) is 0 Å². The Morgan fingerprint density at radius 2 is 1.82 bits per heavy atom. The molecule has 0 aliphatic carbocycles. The number of halogens is 2. The van der Waals surface area contributed by atoms with E-state index in [1.165, 1.54) is 5.56 Å². The lowest BCUT2D eigenvalue weighted by Gasteiger charge is -2.19. The summed E-state index contributed by atoms with van der Waals surface area (Å²) >= 11 is 11.8. The summed E-state index contributed by atoms with van der Waals surface area (Å²) in [6.07, 6.45) is 2.59. The van der Waals surface area contributed by atoms with Gasteiger partial charge in [-0.25, -0.2) is 4.98 Å². The van der Waals surface area contributed by atoms with Gasteiger partial charge in [0, 0.05) is 29.7 Å². The van der Waals surface area contributed by atoms with E-state index < -0.39 is 0 Å². The summed E-state index contributed by atoms with van der Waals surface area (Å²) in [5.41, 5.74) is 1.34. The third kappa shape index (κ3) is 3.92. The second-order valence-corrected chi connectivity index (χ2v) is 6.40. The highest BCUT2D eigenvalue weighted by Gasteiger charge is 2.28. The van der Waals surface area contributed by atoms with Crippen molar-refractivity contribution in [3.8, 4) is 5.88 Å². The van der Waals surface area contributed by atoms with Crippen LogP contribution >= 0.6 is 23.2 Å². The van der Waals surface area contributed by atoms with Crippen LogP contribution in [0.4, 0.5) is 0 Å². The fourth-order valence-electron chi connectivity index (χ4n) is 2.90. The first-order valence-corrected chi connectivity index (χ1v) is 8.18. The van der Waals surface area contributed by atoms with Gasteiger partial charge in [0.05, 0.1) is 11.6 Å². The van der Waals surface area contributed by atoms with E-state index in [1.54, 1.807) is 18.3 Å². The first-order chi connectivity index (χ1) is 10.7. The quantitative estimate of drug-likeness (QED) is 0.890. The molecule has 0 saturated carbocycles. The van der Waals surface area contributed by atoms with Gasteiger partial charge < -0.3 is 10.1 Å². The van der Waals surface area contributed by atoms with Crippen LogP contribution in [0, 0.1) is 5.92 Å². The standard InChI is InChI=1S/C17H18Cl2N2O/c18-14-3-1-12(2-4-14)16-11-20-9-13(16)7-8-22-17-6-5-15(19)10-21-17/h1-6,10,13,16,20H,7-9,11H2/t13-,16+/m0/s1. The van der Waals surface area contributed by atoms with Crippen LogP contribution in [0.1, 0.15) is 17.9 Å². The van der Waals surface area contributed by atoms with Crippen LogP contribution in [-0.2, 0) is 0 Å². The second kappa shape index (κ2) is 7.32. The summed E-state index contributed by atoms with van der Waals surface area (Å²) < 4.78 is 5.71. The molecule has 0 unspecified atom stereocenters. The zero-order chi connectivity index (χ0) is 15.4. The molecule has 1 fully saturated rings. The molecule has 0 spiro atoms. The monoisotopic (exact) mass is 336 g/mol. The Labute approximate surface area is 140 Å². The number of hydrogen-bond donors (Lipinski definition) is 1. The molecule has 22 heavy (non-hydrogen) atoms. The Morgan fingerprint density at radius 1 is 1.05 bits per heavy atom. The average Bonchev–Trinajstić information content (AvgIpc) is 2.98. The Bertz CT molecular complexity index is 601. The minimum Gasteiger partial charge on any atom is -0.478 e. The van der Waals surface area contributed by atoms with Crippen molar-refractivity contribution in [3.63, 3.8) is 0 Å². The fourth-order valence-corrected chi connectivity index (χ4v) is 3.14. The van der Waals surface area contributed by atoms with E-state index in [0.717, 1.165) is 24.5 Å². The third-order valence-corrected chi connectivity index (χ3v) is 4.55. The van der Waals surface area contributed by atoms with E-state index in [9.17, 15) is 0 Å². The predicted octanol–water partition coefficient (Wildman–Crippen LogP) is 4.16. The van der Waals surface area contributed by atoms with E-state index in [0.29, 0.717) is 29.3 Å². The number of ether oxygens (including phenoxy) is 1. The molecule has 1 aromatic heterocycles. The van der Waals surface area contributed by atoms with Gasteiger partial charge >= 0.3 is 0 Å². The molecule has 1 saturated heterocycles. The van der Waals surface area contributed by atoms with Gasteiger partial charge in [-0.05, 0) is 42.6 Å². The molecule has 2 heterocycles. The summed E-state index contributed by atoms with van der Waals surface area (Å²) in [6, 6.07) is 11.7. The first kappa shape index (κ1) is 15.6. The molecule has 5 heteroatoms. The van der Waals surface area contributed by atoms with E-state index in [2.05, 4.69) is 22.4 Å². The lowest BCUT2D eigenvalue weighted by molar-refractivity contribution is 0.267. The lowest BCUT2D eigenvalue weighted by atomic mass is 9.87. The number of aromatic nitrogens is 1. The molecule has 3 nitrogen and oxygen atoms in total. The third-order valence-electron chi connectivity index (χ3n) is 4.08. The van der Waals surface area contributed by atoms with E-state index in [4.69, 9.17) is 27.9 Å². The summed E-state index contributed by atoms with van der Waals surface area (Å²) in [5, 5.41) is 4.87. The van der Waals surface area contributed by atoms with Gasteiger partial charge in [-0.3, -0.25) is 0 Å². The molecule has 2 aromatic rings. The van der Waals surface area contributed by atoms with E-state index in [1.807, 2.05) is 12.1 Å². The molecular weight excluding hydrogens is 319 g/mol. The van der Waals surface area contributed by atoms with Crippen molar-refractivity contribution in [2.45, 2.75) is 12.3 Å². The minimum atomic E-state index is 0.513. The van der Waals surface area contributed by atoms with Gasteiger partial charge in [0.1, 0.15) is 0 Å². The maximum atomic E-state index is 5.97. The fraction of sp³-hybridized carbons (Fsp3) is 0.353. The van der Waals surface area contributed by atoms with Gasteiger partial charge in [0.15, 0.2) is 0 Å². The number of benzene rings is 1. The lowest BCUT2D eigenvalue weighted by Crippen LogP contribution is -2.15.